The van der Waals surface area contributed by atoms with Crippen molar-refractivity contribution >= 4 is 11.7 Å². The number of carbonyl (C=O) groups is 2. The summed E-state index contributed by atoms with van der Waals surface area (Å²) in [6, 6.07) is 3.45. The van der Waals surface area contributed by atoms with Crippen LogP contribution in [0.1, 0.15) is 63.2 Å². The zero-order valence-corrected chi connectivity index (χ0v) is 17.6. The normalized spacial score (nSPS) is 14.3. The topological polar surface area (TPSA) is 77.5 Å². The Balaban J connectivity index is 0.000000307. The van der Waals surface area contributed by atoms with Gasteiger partial charge in [0, 0.05) is 37.4 Å². The summed E-state index contributed by atoms with van der Waals surface area (Å²) in [5.74, 6) is 1.01. The number of carbonyl (C=O) groups excluding carboxylic acids is 2. The molecule has 6 heteroatoms. The van der Waals surface area contributed by atoms with Gasteiger partial charge in [0.1, 0.15) is 5.78 Å². The van der Waals surface area contributed by atoms with Crippen LogP contribution in [-0.2, 0) is 14.3 Å². The van der Waals surface area contributed by atoms with Crippen molar-refractivity contribution in [2.75, 3.05) is 33.0 Å². The first-order valence-corrected chi connectivity index (χ1v) is 10.4. The second-order valence-corrected chi connectivity index (χ2v) is 7.20. The van der Waals surface area contributed by atoms with E-state index in [4.69, 9.17) is 9.47 Å². The van der Waals surface area contributed by atoms with Gasteiger partial charge in [-0.05, 0) is 31.9 Å². The lowest BCUT2D eigenvalue weighted by atomic mass is 9.83. The van der Waals surface area contributed by atoms with Crippen LogP contribution in [0, 0.1) is 11.8 Å². The SMILES string of the molecule is CC(C)C(=O)C1CCCCC1.CCOCCOCCNC(=O)c1cccnc1. The van der Waals surface area contributed by atoms with Crippen LogP contribution < -0.4 is 5.32 Å². The molecule has 0 aromatic carbocycles. The van der Waals surface area contributed by atoms with Gasteiger partial charge in [-0.1, -0.05) is 33.1 Å². The quantitative estimate of drug-likeness (QED) is 0.615. The molecule has 0 radical (unpaired) electrons. The monoisotopic (exact) mass is 392 g/mol. The highest BCUT2D eigenvalue weighted by molar-refractivity contribution is 5.93. The fraction of sp³-hybridized carbons (Fsp3) is 0.682. The van der Waals surface area contributed by atoms with E-state index in [0.29, 0.717) is 50.2 Å². The van der Waals surface area contributed by atoms with E-state index < -0.39 is 0 Å². The molecule has 0 bridgehead atoms. The van der Waals surface area contributed by atoms with Crippen LogP contribution in [0.2, 0.25) is 0 Å². The molecule has 1 saturated carbocycles. The minimum absolute atomic E-state index is 0.133. The highest BCUT2D eigenvalue weighted by Gasteiger charge is 2.22. The van der Waals surface area contributed by atoms with Crippen molar-refractivity contribution in [3.05, 3.63) is 30.1 Å². The molecule has 1 heterocycles. The third-order valence-electron chi connectivity index (χ3n) is 4.61. The first-order chi connectivity index (χ1) is 13.6. The Bertz CT molecular complexity index is 543. The largest absolute Gasteiger partial charge is 0.379 e. The number of rotatable bonds is 10. The number of Topliss-reactive ketones (excluding diaryl/α,β-unsaturated/α-hetero) is 1. The Morgan fingerprint density at radius 1 is 1.14 bits per heavy atom. The zero-order chi connectivity index (χ0) is 20.6. The molecule has 0 spiro atoms. The van der Waals surface area contributed by atoms with Crippen LogP contribution in [0.25, 0.3) is 0 Å². The van der Waals surface area contributed by atoms with E-state index in [-0.39, 0.29) is 11.8 Å². The second-order valence-electron chi connectivity index (χ2n) is 7.20. The van der Waals surface area contributed by atoms with Crippen molar-refractivity contribution in [2.24, 2.45) is 11.8 Å². The molecule has 2 rings (SSSR count). The molecule has 1 aliphatic carbocycles. The summed E-state index contributed by atoms with van der Waals surface area (Å²) in [5, 5.41) is 2.75. The van der Waals surface area contributed by atoms with E-state index in [1.807, 2.05) is 20.8 Å². The van der Waals surface area contributed by atoms with Crippen LogP contribution in [0.5, 0.6) is 0 Å². The Hall–Kier alpha value is -1.79. The number of pyridine rings is 1. The van der Waals surface area contributed by atoms with Gasteiger partial charge < -0.3 is 14.8 Å². The molecule has 1 aromatic heterocycles. The zero-order valence-electron chi connectivity index (χ0n) is 17.6. The minimum atomic E-state index is -0.133. The number of amides is 1. The van der Waals surface area contributed by atoms with Gasteiger partial charge in [-0.2, -0.15) is 0 Å². The summed E-state index contributed by atoms with van der Waals surface area (Å²) in [5.41, 5.74) is 0.557. The lowest BCUT2D eigenvalue weighted by Crippen LogP contribution is -2.27. The van der Waals surface area contributed by atoms with Crippen molar-refractivity contribution in [3.8, 4) is 0 Å². The van der Waals surface area contributed by atoms with Gasteiger partial charge in [-0.15, -0.1) is 0 Å². The third kappa shape index (κ3) is 10.5. The van der Waals surface area contributed by atoms with Crippen LogP contribution >= 0.6 is 0 Å². The van der Waals surface area contributed by atoms with Gasteiger partial charge in [-0.3, -0.25) is 14.6 Å². The van der Waals surface area contributed by atoms with Crippen LogP contribution in [0.4, 0.5) is 0 Å². The van der Waals surface area contributed by atoms with Gasteiger partial charge in [0.15, 0.2) is 0 Å². The molecule has 1 fully saturated rings. The minimum Gasteiger partial charge on any atom is -0.379 e. The molecular formula is C22H36N2O4. The van der Waals surface area contributed by atoms with Gasteiger partial charge in [0.25, 0.3) is 5.91 Å². The summed E-state index contributed by atoms with van der Waals surface area (Å²) in [6.45, 7) is 8.77. The Morgan fingerprint density at radius 3 is 2.46 bits per heavy atom. The summed E-state index contributed by atoms with van der Waals surface area (Å²) >= 11 is 0. The van der Waals surface area contributed by atoms with Crippen molar-refractivity contribution in [1.82, 2.24) is 10.3 Å². The fourth-order valence-corrected chi connectivity index (χ4v) is 3.06. The number of ketones is 1. The van der Waals surface area contributed by atoms with Crippen LogP contribution in [-0.4, -0.2) is 49.6 Å². The van der Waals surface area contributed by atoms with Gasteiger partial charge in [0.2, 0.25) is 0 Å². The number of nitrogens with one attached hydrogen (secondary N) is 1. The first kappa shape index (κ1) is 24.2. The average molecular weight is 393 g/mol. The van der Waals surface area contributed by atoms with Crippen molar-refractivity contribution < 1.29 is 19.1 Å². The van der Waals surface area contributed by atoms with E-state index >= 15 is 0 Å². The number of hydrogen-bond acceptors (Lipinski definition) is 5. The first-order valence-electron chi connectivity index (χ1n) is 10.4. The smallest absolute Gasteiger partial charge is 0.252 e. The average Bonchev–Trinajstić information content (AvgIpc) is 2.74. The van der Waals surface area contributed by atoms with E-state index in [2.05, 4.69) is 10.3 Å². The molecule has 0 saturated heterocycles. The predicted octanol–water partition coefficient (Wildman–Crippen LogP) is 3.66. The summed E-state index contributed by atoms with van der Waals surface area (Å²) in [4.78, 5) is 26.9. The molecule has 1 aromatic rings. The van der Waals surface area contributed by atoms with Gasteiger partial charge >= 0.3 is 0 Å². The standard InChI is InChI=1S/C12H18N2O3.C10H18O/c1-2-16-8-9-17-7-6-14-12(15)11-4-3-5-13-10-11;1-8(2)10(11)9-6-4-3-5-7-9/h3-5,10H,2,6-9H2,1H3,(H,14,15);8-9H,3-7H2,1-2H3. The Morgan fingerprint density at radius 2 is 1.86 bits per heavy atom. The lowest BCUT2D eigenvalue weighted by Gasteiger charge is -2.21. The molecule has 1 amide bonds. The summed E-state index contributed by atoms with van der Waals surface area (Å²) < 4.78 is 10.4. The maximum atomic E-state index is 11.5. The van der Waals surface area contributed by atoms with Crippen molar-refractivity contribution in [3.63, 3.8) is 0 Å². The molecule has 0 unspecified atom stereocenters. The number of hydrogen-bond donors (Lipinski definition) is 1. The molecular weight excluding hydrogens is 356 g/mol. The van der Waals surface area contributed by atoms with Crippen LogP contribution in [0.15, 0.2) is 24.5 Å². The fourth-order valence-electron chi connectivity index (χ4n) is 3.06. The second kappa shape index (κ2) is 15.2. The maximum absolute atomic E-state index is 11.5. The van der Waals surface area contributed by atoms with Crippen LogP contribution in [0.3, 0.4) is 0 Å². The predicted molar refractivity (Wildman–Crippen MR) is 110 cm³/mol. The van der Waals surface area contributed by atoms with E-state index in [1.165, 1.54) is 25.5 Å². The van der Waals surface area contributed by atoms with E-state index in [1.54, 1.807) is 18.3 Å². The number of nitrogens with zero attached hydrogens (tertiary/aromatic N) is 1. The summed E-state index contributed by atoms with van der Waals surface area (Å²) in [7, 11) is 0. The number of aromatic nitrogens is 1. The Labute approximate surface area is 169 Å². The highest BCUT2D eigenvalue weighted by Crippen LogP contribution is 2.26. The van der Waals surface area contributed by atoms with E-state index in [0.717, 1.165) is 12.8 Å². The molecule has 0 atom stereocenters. The maximum Gasteiger partial charge on any atom is 0.252 e. The molecule has 1 N–H and O–H groups in total. The highest BCUT2D eigenvalue weighted by atomic mass is 16.5. The van der Waals surface area contributed by atoms with Gasteiger partial charge in [-0.25, -0.2) is 0 Å². The molecule has 28 heavy (non-hydrogen) atoms. The summed E-state index contributed by atoms with van der Waals surface area (Å²) in [6.07, 6.45) is 9.33. The lowest BCUT2D eigenvalue weighted by molar-refractivity contribution is -0.126. The molecule has 1 aliphatic rings. The number of ether oxygens (including phenoxy) is 2. The molecule has 158 valence electrons. The van der Waals surface area contributed by atoms with E-state index in [9.17, 15) is 9.59 Å². The molecule has 6 nitrogen and oxygen atoms in total. The van der Waals surface area contributed by atoms with Crippen molar-refractivity contribution in [2.45, 2.75) is 52.9 Å². The third-order valence-corrected chi connectivity index (χ3v) is 4.61. The van der Waals surface area contributed by atoms with Crippen molar-refractivity contribution in [1.29, 1.82) is 0 Å². The molecule has 0 aliphatic heterocycles. The van der Waals surface area contributed by atoms with Gasteiger partial charge in [0.05, 0.1) is 25.4 Å². The Kier molecular flexibility index (Phi) is 13.1.